The molecule has 3 N–H and O–H groups in total. The maximum atomic E-state index is 13.7. The van der Waals surface area contributed by atoms with Crippen LogP contribution in [0, 0.1) is 11.8 Å². The molecular formula is C44H55N7O5. The molecule has 2 aromatic carbocycles. The lowest BCUT2D eigenvalue weighted by Crippen LogP contribution is -2.51. The number of H-pyrrole nitrogens is 2. The van der Waals surface area contributed by atoms with Gasteiger partial charge in [0.2, 0.25) is 11.8 Å². The molecule has 3 saturated heterocycles. The van der Waals surface area contributed by atoms with Crippen LogP contribution in [-0.4, -0.2) is 87.1 Å². The molecule has 0 radical (unpaired) electrons. The molecule has 5 heterocycles. The number of hydrogen-bond acceptors (Lipinski definition) is 7. The zero-order valence-electron chi connectivity index (χ0n) is 33.3. The third kappa shape index (κ3) is 7.01. The van der Waals surface area contributed by atoms with Crippen LogP contribution in [0.1, 0.15) is 108 Å². The Labute approximate surface area is 329 Å². The van der Waals surface area contributed by atoms with Gasteiger partial charge in [0.25, 0.3) is 0 Å². The minimum atomic E-state index is -0.679. The summed E-state index contributed by atoms with van der Waals surface area (Å²) in [6.07, 6.45) is 10.4. The molecule has 4 aliphatic rings. The van der Waals surface area contributed by atoms with E-state index in [4.69, 9.17) is 19.4 Å². The number of carbonyl (C=O) groups is 3. The van der Waals surface area contributed by atoms with Crippen molar-refractivity contribution < 1.29 is 23.9 Å². The SMILES string of the molecule is COC(=O)N[C@H](C(=O)N1CCCC1c1ncc(-c2ccc(-c3ccc(-c4cnc([C@@H]5CCCN5C(=O)CC(C)C)[nH]4)c4c3C3(CCOC3)CC4)cc2)[nH]1)C(C)C. The van der Waals surface area contributed by atoms with Crippen LogP contribution in [0.4, 0.5) is 4.79 Å². The molecule has 4 aromatic rings. The minimum absolute atomic E-state index is 0.00600. The van der Waals surface area contributed by atoms with E-state index in [1.807, 2.05) is 36.0 Å². The monoisotopic (exact) mass is 761 g/mol. The van der Waals surface area contributed by atoms with Crippen LogP contribution < -0.4 is 5.32 Å². The number of nitrogens with zero attached hydrogens (tertiary/aromatic N) is 4. The van der Waals surface area contributed by atoms with Crippen molar-refractivity contribution in [1.82, 2.24) is 35.1 Å². The fourth-order valence-corrected chi connectivity index (χ4v) is 9.63. The summed E-state index contributed by atoms with van der Waals surface area (Å²) in [6.45, 7) is 10.9. The molecule has 8 rings (SSSR count). The Morgan fingerprint density at radius 2 is 1.52 bits per heavy atom. The van der Waals surface area contributed by atoms with E-state index in [0.29, 0.717) is 18.9 Å². The van der Waals surface area contributed by atoms with E-state index in [1.165, 1.54) is 29.4 Å². The predicted molar refractivity (Wildman–Crippen MR) is 213 cm³/mol. The van der Waals surface area contributed by atoms with E-state index in [9.17, 15) is 14.4 Å². The number of likely N-dealkylation sites (tertiary alicyclic amines) is 2. The van der Waals surface area contributed by atoms with Gasteiger partial charge in [-0.25, -0.2) is 14.8 Å². The van der Waals surface area contributed by atoms with Gasteiger partial charge in [0.05, 0.1) is 49.6 Å². The van der Waals surface area contributed by atoms with Crippen molar-refractivity contribution in [2.75, 3.05) is 33.4 Å². The summed E-state index contributed by atoms with van der Waals surface area (Å²) >= 11 is 0. The predicted octanol–water partition coefficient (Wildman–Crippen LogP) is 7.49. The minimum Gasteiger partial charge on any atom is -0.453 e. The molecule has 296 valence electrons. The standard InChI is InChI=1S/C44H55N7O5/c1-26(2)22-37(52)50-19-6-8-35(50)40-46-24-34(48-40)31-15-14-30(38-32(31)16-17-44(38)18-21-56-25-44)28-10-12-29(13-11-28)33-23-45-41(47-33)36-9-7-20-51(36)42(53)39(27(3)4)49-43(54)55-5/h10-15,23-24,26-27,35-36,39H,6-9,16-22,25H2,1-5H3,(H,45,47)(H,46,48)(H,49,54)/t35-,36?,39-,44?/m0/s1. The van der Waals surface area contributed by atoms with E-state index in [1.54, 1.807) is 0 Å². The number of carbonyl (C=O) groups excluding carboxylic acids is 3. The van der Waals surface area contributed by atoms with Gasteiger partial charge in [-0.15, -0.1) is 0 Å². The first kappa shape index (κ1) is 37.9. The number of imidazole rings is 2. The molecule has 3 fully saturated rings. The Balaban J connectivity index is 1.05. The van der Waals surface area contributed by atoms with Crippen LogP contribution in [-0.2, 0) is 30.9 Å². The van der Waals surface area contributed by atoms with Gasteiger partial charge in [0.1, 0.15) is 17.7 Å². The van der Waals surface area contributed by atoms with Crippen LogP contribution in [0.5, 0.6) is 0 Å². The summed E-state index contributed by atoms with van der Waals surface area (Å²) in [5, 5.41) is 2.72. The number of nitrogens with one attached hydrogen (secondary N) is 3. The second-order valence-electron chi connectivity index (χ2n) is 16.9. The highest BCUT2D eigenvalue weighted by Gasteiger charge is 2.45. The van der Waals surface area contributed by atoms with Crippen LogP contribution >= 0.6 is 0 Å². The number of aromatic amines is 2. The lowest BCUT2D eigenvalue weighted by molar-refractivity contribution is -0.135. The average Bonchev–Trinajstić information content (AvgIpc) is 4.05. The maximum Gasteiger partial charge on any atom is 0.407 e. The number of fused-ring (bicyclic) bond motifs is 2. The zero-order chi connectivity index (χ0) is 39.1. The highest BCUT2D eigenvalue weighted by Crippen LogP contribution is 2.51. The lowest BCUT2D eigenvalue weighted by atomic mass is 9.77. The van der Waals surface area contributed by atoms with Crippen molar-refractivity contribution in [2.45, 2.75) is 103 Å². The topological polar surface area (TPSA) is 146 Å². The Hall–Kier alpha value is -4.97. The highest BCUT2D eigenvalue weighted by atomic mass is 16.5. The molecule has 56 heavy (non-hydrogen) atoms. The van der Waals surface area contributed by atoms with Gasteiger partial charge in [-0.3, -0.25) is 9.59 Å². The van der Waals surface area contributed by atoms with Gasteiger partial charge < -0.3 is 34.6 Å². The zero-order valence-corrected chi connectivity index (χ0v) is 33.3. The van der Waals surface area contributed by atoms with Crippen LogP contribution in [0.25, 0.3) is 33.6 Å². The van der Waals surface area contributed by atoms with E-state index in [-0.39, 0.29) is 35.2 Å². The molecule has 12 heteroatoms. The molecule has 2 aromatic heterocycles. The van der Waals surface area contributed by atoms with Gasteiger partial charge in [-0.2, -0.15) is 0 Å². The fraction of sp³-hybridized carbons (Fsp3) is 0.523. The van der Waals surface area contributed by atoms with E-state index < -0.39 is 12.1 Å². The van der Waals surface area contributed by atoms with Crippen LogP contribution in [0.15, 0.2) is 48.8 Å². The molecule has 0 bridgehead atoms. The van der Waals surface area contributed by atoms with Gasteiger partial charge in [0, 0.05) is 37.1 Å². The third-order valence-electron chi connectivity index (χ3n) is 12.5. The number of aromatic nitrogens is 4. The fourth-order valence-electron chi connectivity index (χ4n) is 9.63. The van der Waals surface area contributed by atoms with E-state index in [2.05, 4.69) is 65.5 Å². The molecule has 2 unspecified atom stereocenters. The van der Waals surface area contributed by atoms with Crippen molar-refractivity contribution >= 4 is 17.9 Å². The molecule has 4 atom stereocenters. The van der Waals surface area contributed by atoms with E-state index in [0.717, 1.165) is 98.9 Å². The number of amides is 3. The first-order valence-electron chi connectivity index (χ1n) is 20.5. The van der Waals surface area contributed by atoms with Crippen LogP contribution in [0.3, 0.4) is 0 Å². The number of hydrogen-bond donors (Lipinski definition) is 3. The Morgan fingerprint density at radius 1 is 0.875 bits per heavy atom. The number of ether oxygens (including phenoxy) is 2. The van der Waals surface area contributed by atoms with Crippen molar-refractivity contribution in [3.05, 3.63) is 71.6 Å². The molecule has 1 spiro atoms. The second-order valence-corrected chi connectivity index (χ2v) is 16.9. The first-order chi connectivity index (χ1) is 27.1. The summed E-state index contributed by atoms with van der Waals surface area (Å²) in [6, 6.07) is 12.3. The van der Waals surface area contributed by atoms with Crippen molar-refractivity contribution in [3.63, 3.8) is 0 Å². The maximum absolute atomic E-state index is 13.7. The number of rotatable bonds is 10. The summed E-state index contributed by atoms with van der Waals surface area (Å²) in [5.41, 5.74) is 9.24. The smallest absolute Gasteiger partial charge is 0.407 e. The number of benzene rings is 2. The summed E-state index contributed by atoms with van der Waals surface area (Å²) in [4.78, 5) is 59.4. The molecule has 3 amide bonds. The van der Waals surface area contributed by atoms with Gasteiger partial charge in [-0.1, -0.05) is 64.1 Å². The van der Waals surface area contributed by atoms with Crippen molar-refractivity contribution in [3.8, 4) is 33.6 Å². The molecule has 3 aliphatic heterocycles. The molecule has 0 saturated carbocycles. The second kappa shape index (κ2) is 15.5. The average molecular weight is 762 g/mol. The number of methoxy groups -OCH3 is 1. The van der Waals surface area contributed by atoms with Crippen LogP contribution in [0.2, 0.25) is 0 Å². The van der Waals surface area contributed by atoms with Gasteiger partial charge in [0.15, 0.2) is 0 Å². The lowest BCUT2D eigenvalue weighted by Gasteiger charge is -2.30. The third-order valence-corrected chi connectivity index (χ3v) is 12.5. The largest absolute Gasteiger partial charge is 0.453 e. The molecule has 1 aliphatic carbocycles. The quantitative estimate of drug-likeness (QED) is 0.152. The van der Waals surface area contributed by atoms with Gasteiger partial charge in [-0.05, 0) is 84.6 Å². The molecular weight excluding hydrogens is 707 g/mol. The normalized spacial score (nSPS) is 22.4. The van der Waals surface area contributed by atoms with E-state index >= 15 is 0 Å². The summed E-state index contributed by atoms with van der Waals surface area (Å²) < 4.78 is 10.9. The summed E-state index contributed by atoms with van der Waals surface area (Å²) in [5.74, 6) is 1.95. The Morgan fingerprint density at radius 3 is 2.18 bits per heavy atom. The Kier molecular flexibility index (Phi) is 10.5. The number of alkyl carbamates (subject to hydrolysis) is 1. The summed E-state index contributed by atoms with van der Waals surface area (Å²) in [7, 11) is 1.30. The molecule has 12 nitrogen and oxygen atoms in total. The van der Waals surface area contributed by atoms with Crippen molar-refractivity contribution in [2.24, 2.45) is 11.8 Å². The van der Waals surface area contributed by atoms with Crippen molar-refractivity contribution in [1.29, 1.82) is 0 Å². The van der Waals surface area contributed by atoms with Gasteiger partial charge >= 0.3 is 6.09 Å². The first-order valence-corrected chi connectivity index (χ1v) is 20.5. The highest BCUT2D eigenvalue weighted by molar-refractivity contribution is 5.86. The Bertz CT molecular complexity index is 2080.